The smallest absolute Gasteiger partial charge is 0.410 e. The van der Waals surface area contributed by atoms with Gasteiger partial charge in [0.1, 0.15) is 16.1 Å². The van der Waals surface area contributed by atoms with Crippen molar-refractivity contribution in [3.63, 3.8) is 0 Å². The van der Waals surface area contributed by atoms with Crippen LogP contribution in [0.5, 0.6) is 0 Å². The summed E-state index contributed by atoms with van der Waals surface area (Å²) < 4.78 is 9.10. The number of aromatic nitrogens is 5. The first-order chi connectivity index (χ1) is 15.2. The number of nitrogen functional groups attached to an aromatic ring is 1. The number of fused-ring (bicyclic) bond motifs is 2. The Morgan fingerprint density at radius 3 is 2.62 bits per heavy atom. The van der Waals surface area contributed by atoms with Crippen molar-refractivity contribution in [1.29, 1.82) is 0 Å². The molecule has 1 aliphatic rings. The molecule has 0 saturated carbocycles. The monoisotopic (exact) mass is 453 g/mol. The largest absolute Gasteiger partial charge is 0.444 e. The fourth-order valence-corrected chi connectivity index (χ4v) is 5.00. The van der Waals surface area contributed by atoms with Crippen LogP contribution in [0.1, 0.15) is 45.2 Å². The minimum atomic E-state index is -0.474. The Hall–Kier alpha value is -3.14. The lowest BCUT2D eigenvalue weighted by atomic mass is 9.94. The number of rotatable bonds is 2. The Morgan fingerprint density at radius 2 is 1.94 bits per heavy atom. The summed E-state index contributed by atoms with van der Waals surface area (Å²) in [5, 5.41) is 11.0. The average molecular weight is 454 g/mol. The van der Waals surface area contributed by atoms with Gasteiger partial charge in [-0.25, -0.2) is 14.3 Å². The number of imidazole rings is 1. The Labute approximate surface area is 189 Å². The molecule has 1 fully saturated rings. The van der Waals surface area contributed by atoms with Crippen LogP contribution >= 0.6 is 11.3 Å². The van der Waals surface area contributed by atoms with Gasteiger partial charge in [-0.2, -0.15) is 10.2 Å². The van der Waals surface area contributed by atoms with Crippen molar-refractivity contribution in [2.75, 3.05) is 18.8 Å². The number of hydrogen-bond donors (Lipinski definition) is 1. The average Bonchev–Trinajstić information content (AvgIpc) is 3.39. The lowest BCUT2D eigenvalue weighted by Crippen LogP contribution is -2.41. The van der Waals surface area contributed by atoms with Gasteiger partial charge in [0.05, 0.1) is 17.6 Å². The van der Waals surface area contributed by atoms with Gasteiger partial charge >= 0.3 is 6.09 Å². The van der Waals surface area contributed by atoms with E-state index in [2.05, 4.69) is 11.2 Å². The molecule has 0 radical (unpaired) electrons. The highest BCUT2D eigenvalue weighted by Gasteiger charge is 2.29. The van der Waals surface area contributed by atoms with Crippen LogP contribution in [-0.4, -0.2) is 54.1 Å². The number of carbonyl (C=O) groups is 1. The van der Waals surface area contributed by atoms with E-state index in [0.29, 0.717) is 24.7 Å². The summed E-state index contributed by atoms with van der Waals surface area (Å²) in [6.07, 6.45) is 5.46. The SMILES string of the molecule is Cn1cc2cc(-c3nn4cc(C5CCN(C(=O)OC(C)(C)C)CC5)nc4s3)cc(N)c2n1. The molecule has 1 aliphatic heterocycles. The number of likely N-dealkylation sites (tertiary alicyclic amines) is 1. The number of piperidine rings is 1. The van der Waals surface area contributed by atoms with Crippen molar-refractivity contribution < 1.29 is 9.53 Å². The maximum Gasteiger partial charge on any atom is 0.410 e. The topological polar surface area (TPSA) is 104 Å². The van der Waals surface area contributed by atoms with Gasteiger partial charge in [0, 0.05) is 43.2 Å². The number of hydrogen-bond acceptors (Lipinski definition) is 7. The summed E-state index contributed by atoms with van der Waals surface area (Å²) in [6, 6.07) is 3.98. The molecule has 0 atom stereocenters. The number of amides is 1. The van der Waals surface area contributed by atoms with Gasteiger partial charge in [-0.1, -0.05) is 11.3 Å². The second-order valence-electron chi connectivity index (χ2n) is 9.35. The molecule has 1 amide bonds. The molecule has 168 valence electrons. The highest BCUT2D eigenvalue weighted by Crippen LogP contribution is 2.33. The van der Waals surface area contributed by atoms with E-state index >= 15 is 0 Å². The van der Waals surface area contributed by atoms with Crippen LogP contribution in [0.4, 0.5) is 10.5 Å². The third-order valence-electron chi connectivity index (χ3n) is 5.63. The number of carbonyl (C=O) groups excluding carboxylic acids is 1. The summed E-state index contributed by atoms with van der Waals surface area (Å²) in [5.41, 5.74) is 9.17. The lowest BCUT2D eigenvalue weighted by molar-refractivity contribution is 0.0204. The van der Waals surface area contributed by atoms with Crippen LogP contribution in [0.25, 0.3) is 26.4 Å². The fourth-order valence-electron chi connectivity index (χ4n) is 4.12. The van der Waals surface area contributed by atoms with Gasteiger partial charge in [0.2, 0.25) is 4.96 Å². The molecular weight excluding hydrogens is 426 g/mol. The van der Waals surface area contributed by atoms with Crippen molar-refractivity contribution >= 4 is 39.0 Å². The first-order valence-corrected chi connectivity index (χ1v) is 11.6. The van der Waals surface area contributed by atoms with Gasteiger partial charge in [0.15, 0.2) is 0 Å². The van der Waals surface area contributed by atoms with E-state index in [0.717, 1.165) is 45.0 Å². The normalized spacial score (nSPS) is 15.7. The fraction of sp³-hybridized carbons (Fsp3) is 0.455. The Morgan fingerprint density at radius 1 is 1.19 bits per heavy atom. The molecule has 0 unspecified atom stereocenters. The van der Waals surface area contributed by atoms with Crippen molar-refractivity contribution in [3.8, 4) is 10.6 Å². The lowest BCUT2D eigenvalue weighted by Gasteiger charge is -2.32. The van der Waals surface area contributed by atoms with Crippen LogP contribution in [0.3, 0.4) is 0 Å². The molecular formula is C22H27N7O2S. The second-order valence-corrected chi connectivity index (χ2v) is 10.3. The zero-order valence-corrected chi connectivity index (χ0v) is 19.5. The number of anilines is 1. The maximum atomic E-state index is 12.3. The predicted octanol–water partition coefficient (Wildman–Crippen LogP) is 4.04. The zero-order valence-electron chi connectivity index (χ0n) is 18.7. The van der Waals surface area contributed by atoms with Crippen LogP contribution in [-0.2, 0) is 11.8 Å². The standard InChI is InChI=1S/C22H27N7O2S/c1-22(2,3)31-21(30)28-7-5-13(6-8-28)17-12-29-20(24-17)32-19(26-29)14-9-15-11-27(4)25-18(15)16(23)10-14/h9-13H,5-8,23H2,1-4H3. The van der Waals surface area contributed by atoms with Crippen molar-refractivity contribution in [2.45, 2.75) is 45.1 Å². The van der Waals surface area contributed by atoms with E-state index in [4.69, 9.17) is 20.6 Å². The third kappa shape index (κ3) is 3.90. The summed E-state index contributed by atoms with van der Waals surface area (Å²) in [4.78, 5) is 19.8. The highest BCUT2D eigenvalue weighted by atomic mass is 32.1. The van der Waals surface area contributed by atoms with Crippen molar-refractivity contribution in [2.24, 2.45) is 7.05 Å². The molecule has 2 N–H and O–H groups in total. The number of nitrogens with zero attached hydrogens (tertiary/aromatic N) is 6. The predicted molar refractivity (Wildman–Crippen MR) is 125 cm³/mol. The number of aryl methyl sites for hydroxylation is 1. The van der Waals surface area contributed by atoms with Crippen molar-refractivity contribution in [3.05, 3.63) is 30.2 Å². The van der Waals surface area contributed by atoms with Gasteiger partial charge in [-0.15, -0.1) is 0 Å². The highest BCUT2D eigenvalue weighted by molar-refractivity contribution is 7.19. The molecule has 1 aromatic carbocycles. The molecule has 9 nitrogen and oxygen atoms in total. The second kappa shape index (κ2) is 7.47. The summed E-state index contributed by atoms with van der Waals surface area (Å²) in [7, 11) is 1.89. The third-order valence-corrected chi connectivity index (χ3v) is 6.60. The minimum absolute atomic E-state index is 0.238. The summed E-state index contributed by atoms with van der Waals surface area (Å²) in [6.45, 7) is 7.02. The molecule has 4 aromatic rings. The number of ether oxygens (including phenoxy) is 1. The minimum Gasteiger partial charge on any atom is -0.444 e. The van der Waals surface area contributed by atoms with Crippen LogP contribution in [0, 0.1) is 0 Å². The number of benzene rings is 1. The molecule has 4 heterocycles. The van der Waals surface area contributed by atoms with E-state index in [-0.39, 0.29) is 6.09 Å². The van der Waals surface area contributed by atoms with Gasteiger partial charge in [0.25, 0.3) is 0 Å². The Bertz CT molecular complexity index is 1270. The molecule has 0 aliphatic carbocycles. The number of nitrogens with two attached hydrogens (primary N) is 1. The van der Waals surface area contributed by atoms with Crippen molar-refractivity contribution in [1.82, 2.24) is 29.3 Å². The van der Waals surface area contributed by atoms with Crippen LogP contribution in [0.2, 0.25) is 0 Å². The first-order valence-electron chi connectivity index (χ1n) is 10.7. The molecule has 0 spiro atoms. The summed E-state index contributed by atoms with van der Waals surface area (Å²) >= 11 is 1.54. The summed E-state index contributed by atoms with van der Waals surface area (Å²) in [5.74, 6) is 0.313. The van der Waals surface area contributed by atoms with E-state index in [1.165, 1.54) is 0 Å². The van der Waals surface area contributed by atoms with E-state index in [1.807, 2.05) is 50.8 Å². The van der Waals surface area contributed by atoms with E-state index in [9.17, 15) is 4.79 Å². The van der Waals surface area contributed by atoms with Gasteiger partial charge < -0.3 is 15.4 Å². The maximum absolute atomic E-state index is 12.3. The zero-order chi connectivity index (χ0) is 22.6. The molecule has 5 rings (SSSR count). The first kappa shape index (κ1) is 20.7. The van der Waals surface area contributed by atoms with Crippen LogP contribution in [0.15, 0.2) is 24.5 Å². The van der Waals surface area contributed by atoms with E-state index in [1.54, 1.807) is 20.9 Å². The van der Waals surface area contributed by atoms with Gasteiger partial charge in [-0.3, -0.25) is 4.68 Å². The van der Waals surface area contributed by atoms with E-state index < -0.39 is 5.60 Å². The Balaban J connectivity index is 1.31. The molecule has 1 saturated heterocycles. The molecule has 10 heteroatoms. The quantitative estimate of drug-likeness (QED) is 0.460. The molecule has 32 heavy (non-hydrogen) atoms. The molecule has 3 aromatic heterocycles. The van der Waals surface area contributed by atoms with Gasteiger partial charge in [-0.05, 0) is 45.7 Å². The molecule has 0 bridgehead atoms. The Kier molecular flexibility index (Phi) is 4.85. The van der Waals surface area contributed by atoms with Crippen LogP contribution < -0.4 is 5.73 Å².